The number of nitrogens with zero attached hydrogens (tertiary/aromatic N) is 1. The van der Waals surface area contributed by atoms with Crippen molar-refractivity contribution in [3.05, 3.63) is 57.8 Å². The molecule has 2 amide bonds. The molecule has 0 radical (unpaired) electrons. The lowest BCUT2D eigenvalue weighted by molar-refractivity contribution is 0.0932. The van der Waals surface area contributed by atoms with Gasteiger partial charge in [0, 0.05) is 23.8 Å². The number of aromatic nitrogens is 1. The zero-order valence-electron chi connectivity index (χ0n) is 13.4. The van der Waals surface area contributed by atoms with E-state index in [2.05, 4.69) is 31.5 Å². The molecule has 0 saturated carbocycles. The fraction of sp³-hybridized carbons (Fsp3) is 0.235. The van der Waals surface area contributed by atoms with Gasteiger partial charge in [0.25, 0.3) is 11.8 Å². The lowest BCUT2D eigenvalue weighted by Gasteiger charge is -2.08. The molecule has 0 atom stereocenters. The molecule has 1 aromatic heterocycles. The molecule has 0 fully saturated rings. The molecule has 1 aromatic carbocycles. The number of carbonyl (C=O) groups excluding carboxylic acids is 2. The Labute approximate surface area is 148 Å². The number of ether oxygens (including phenoxy) is 1. The number of pyridine rings is 1. The van der Waals surface area contributed by atoms with Gasteiger partial charge in [0.1, 0.15) is 11.4 Å². The molecular formula is C17H18BrN3O3. The summed E-state index contributed by atoms with van der Waals surface area (Å²) >= 11 is 3.41. The number of benzene rings is 1. The second-order valence-corrected chi connectivity index (χ2v) is 5.93. The third-order valence-corrected chi connectivity index (χ3v) is 4.11. The van der Waals surface area contributed by atoms with Crippen LogP contribution in [0.15, 0.2) is 40.9 Å². The lowest BCUT2D eigenvalue weighted by atomic mass is 10.2. The highest BCUT2D eigenvalue weighted by Gasteiger charge is 2.12. The summed E-state index contributed by atoms with van der Waals surface area (Å²) in [6, 6.07) is 10.2. The van der Waals surface area contributed by atoms with Gasteiger partial charge in [-0.25, -0.2) is 4.98 Å². The van der Waals surface area contributed by atoms with Crippen LogP contribution >= 0.6 is 15.9 Å². The summed E-state index contributed by atoms with van der Waals surface area (Å²) in [4.78, 5) is 28.4. The van der Waals surface area contributed by atoms with Gasteiger partial charge in [-0.15, -0.1) is 0 Å². The summed E-state index contributed by atoms with van der Waals surface area (Å²) in [6.07, 6.45) is 0. The van der Waals surface area contributed by atoms with Gasteiger partial charge in [-0.2, -0.15) is 0 Å². The first-order chi connectivity index (χ1) is 11.5. The van der Waals surface area contributed by atoms with Gasteiger partial charge >= 0.3 is 0 Å². The smallest absolute Gasteiger partial charge is 0.274 e. The van der Waals surface area contributed by atoms with E-state index in [0.717, 1.165) is 10.0 Å². The monoisotopic (exact) mass is 391 g/mol. The van der Waals surface area contributed by atoms with E-state index in [1.807, 2.05) is 19.1 Å². The van der Waals surface area contributed by atoms with E-state index in [0.29, 0.717) is 18.8 Å². The second-order valence-electron chi connectivity index (χ2n) is 5.07. The second kappa shape index (κ2) is 8.56. The first-order valence-corrected chi connectivity index (χ1v) is 8.12. The van der Waals surface area contributed by atoms with Crippen molar-refractivity contribution in [1.82, 2.24) is 10.3 Å². The Bertz CT molecular complexity index is 750. The van der Waals surface area contributed by atoms with Crippen molar-refractivity contribution < 1.29 is 14.3 Å². The predicted molar refractivity (Wildman–Crippen MR) is 95.3 cm³/mol. The summed E-state index contributed by atoms with van der Waals surface area (Å²) in [5, 5.41) is 5.44. The van der Waals surface area contributed by atoms with Gasteiger partial charge in [0.2, 0.25) is 0 Å². The van der Waals surface area contributed by atoms with E-state index in [4.69, 9.17) is 4.74 Å². The molecule has 2 N–H and O–H groups in total. The van der Waals surface area contributed by atoms with Crippen LogP contribution in [0.2, 0.25) is 0 Å². The number of rotatable bonds is 6. The summed E-state index contributed by atoms with van der Waals surface area (Å²) < 4.78 is 5.84. The summed E-state index contributed by atoms with van der Waals surface area (Å²) in [7, 11) is 1.55. The zero-order chi connectivity index (χ0) is 17.5. The first kappa shape index (κ1) is 18.1. The molecule has 2 rings (SSSR count). The Hall–Kier alpha value is -2.25. The highest BCUT2D eigenvalue weighted by Crippen LogP contribution is 2.20. The topological polar surface area (TPSA) is 80.3 Å². The van der Waals surface area contributed by atoms with Crippen LogP contribution in [0.4, 0.5) is 5.69 Å². The summed E-state index contributed by atoms with van der Waals surface area (Å²) in [5.41, 5.74) is 2.03. The Kier molecular flexibility index (Phi) is 6.45. The van der Waals surface area contributed by atoms with Crippen LogP contribution in [0.3, 0.4) is 0 Å². The normalized spacial score (nSPS) is 10.3. The van der Waals surface area contributed by atoms with Gasteiger partial charge in [-0.3, -0.25) is 9.59 Å². The minimum absolute atomic E-state index is 0.176. The maximum absolute atomic E-state index is 12.3. The van der Waals surface area contributed by atoms with E-state index in [1.54, 1.807) is 31.4 Å². The minimum atomic E-state index is -0.372. The number of amides is 2. The third kappa shape index (κ3) is 4.87. The van der Waals surface area contributed by atoms with Crippen LogP contribution in [0.25, 0.3) is 0 Å². The van der Waals surface area contributed by atoms with Crippen LogP contribution in [0.1, 0.15) is 26.5 Å². The van der Waals surface area contributed by atoms with Crippen molar-refractivity contribution in [3.8, 4) is 0 Å². The van der Waals surface area contributed by atoms with Crippen molar-refractivity contribution in [2.75, 3.05) is 25.6 Å². The molecule has 24 heavy (non-hydrogen) atoms. The van der Waals surface area contributed by atoms with Crippen LogP contribution in [0.5, 0.6) is 0 Å². The number of methoxy groups -OCH3 is 1. The molecular weight excluding hydrogens is 374 g/mol. The molecule has 0 unspecified atom stereocenters. The molecule has 7 heteroatoms. The molecule has 0 saturated heterocycles. The van der Waals surface area contributed by atoms with Crippen LogP contribution in [-0.2, 0) is 4.74 Å². The number of halogens is 1. The molecule has 126 valence electrons. The van der Waals surface area contributed by atoms with Gasteiger partial charge in [-0.05, 0) is 42.8 Å². The van der Waals surface area contributed by atoms with Crippen molar-refractivity contribution in [3.63, 3.8) is 0 Å². The quantitative estimate of drug-likeness (QED) is 0.741. The van der Waals surface area contributed by atoms with Crippen LogP contribution in [-0.4, -0.2) is 37.1 Å². The van der Waals surface area contributed by atoms with Crippen molar-refractivity contribution in [2.24, 2.45) is 0 Å². The number of aryl methyl sites for hydroxylation is 1. The average molecular weight is 392 g/mol. The van der Waals surface area contributed by atoms with Crippen LogP contribution < -0.4 is 10.6 Å². The molecule has 1 heterocycles. The van der Waals surface area contributed by atoms with E-state index >= 15 is 0 Å². The van der Waals surface area contributed by atoms with Crippen LogP contribution in [0, 0.1) is 6.92 Å². The van der Waals surface area contributed by atoms with Gasteiger partial charge in [0.15, 0.2) is 0 Å². The Morgan fingerprint density at radius 3 is 2.54 bits per heavy atom. The predicted octanol–water partition coefficient (Wildman–Crippen LogP) is 2.78. The van der Waals surface area contributed by atoms with E-state index in [9.17, 15) is 9.59 Å². The minimum Gasteiger partial charge on any atom is -0.383 e. The number of hydrogen-bond acceptors (Lipinski definition) is 4. The third-order valence-electron chi connectivity index (χ3n) is 3.22. The van der Waals surface area contributed by atoms with E-state index in [1.165, 1.54) is 0 Å². The lowest BCUT2D eigenvalue weighted by Crippen LogP contribution is -2.28. The molecule has 0 aliphatic heterocycles. The van der Waals surface area contributed by atoms with Gasteiger partial charge in [0.05, 0.1) is 6.61 Å². The SMILES string of the molecule is COCCNC(=O)c1cccc(C(=O)Nc2ccc(Br)c(C)c2)n1. The zero-order valence-corrected chi connectivity index (χ0v) is 15.0. The van der Waals surface area contributed by atoms with Gasteiger partial charge < -0.3 is 15.4 Å². The summed E-state index contributed by atoms with van der Waals surface area (Å²) in [5.74, 6) is -0.718. The molecule has 0 aliphatic rings. The van der Waals surface area contributed by atoms with E-state index in [-0.39, 0.29) is 23.2 Å². The molecule has 2 aromatic rings. The summed E-state index contributed by atoms with van der Waals surface area (Å²) in [6.45, 7) is 2.73. The number of carbonyl (C=O) groups is 2. The fourth-order valence-electron chi connectivity index (χ4n) is 1.96. The maximum Gasteiger partial charge on any atom is 0.274 e. The fourth-order valence-corrected chi connectivity index (χ4v) is 2.21. The molecule has 0 spiro atoms. The first-order valence-electron chi connectivity index (χ1n) is 7.33. The molecule has 0 aliphatic carbocycles. The highest BCUT2D eigenvalue weighted by atomic mass is 79.9. The molecule has 6 nitrogen and oxygen atoms in total. The molecule has 0 bridgehead atoms. The Morgan fingerprint density at radius 2 is 1.88 bits per heavy atom. The average Bonchev–Trinajstić information content (AvgIpc) is 2.58. The largest absolute Gasteiger partial charge is 0.383 e. The highest BCUT2D eigenvalue weighted by molar-refractivity contribution is 9.10. The number of hydrogen-bond donors (Lipinski definition) is 2. The van der Waals surface area contributed by atoms with E-state index < -0.39 is 0 Å². The number of nitrogens with one attached hydrogen (secondary N) is 2. The van der Waals surface area contributed by atoms with Gasteiger partial charge in [-0.1, -0.05) is 22.0 Å². The standard InChI is InChI=1S/C17H18BrN3O3/c1-11-10-12(6-7-13(11)18)20-17(23)15-5-3-4-14(21-15)16(22)19-8-9-24-2/h3-7,10H,8-9H2,1-2H3,(H,19,22)(H,20,23). The Morgan fingerprint density at radius 1 is 1.17 bits per heavy atom. The van der Waals surface area contributed by atoms with Crippen molar-refractivity contribution in [1.29, 1.82) is 0 Å². The van der Waals surface area contributed by atoms with Crippen molar-refractivity contribution >= 4 is 33.4 Å². The Balaban J connectivity index is 2.08. The van der Waals surface area contributed by atoms with Crippen molar-refractivity contribution in [2.45, 2.75) is 6.92 Å². The maximum atomic E-state index is 12.3. The number of anilines is 1.